The largest absolute Gasteiger partial charge is 0.491 e. The van der Waals surface area contributed by atoms with Gasteiger partial charge in [-0.3, -0.25) is 0 Å². The molecular formula is C15H18ClN3O2. The molecule has 1 unspecified atom stereocenters. The van der Waals surface area contributed by atoms with E-state index >= 15 is 0 Å². The van der Waals surface area contributed by atoms with Crippen LogP contribution in [0.5, 0.6) is 11.5 Å². The van der Waals surface area contributed by atoms with Crippen LogP contribution in [0.2, 0.25) is 5.15 Å². The van der Waals surface area contributed by atoms with Gasteiger partial charge in [0.25, 0.3) is 0 Å². The van der Waals surface area contributed by atoms with Crippen molar-refractivity contribution in [2.75, 3.05) is 19.0 Å². The van der Waals surface area contributed by atoms with Crippen LogP contribution in [-0.2, 0) is 0 Å². The second-order valence-corrected chi connectivity index (χ2v) is 5.07. The molecule has 0 aliphatic carbocycles. The minimum atomic E-state index is 0.0335. The Bertz CT molecular complexity index is 590. The fraction of sp³-hybridized carbons (Fsp3) is 0.333. The topological polar surface area (TPSA) is 56.3 Å². The Morgan fingerprint density at radius 2 is 1.95 bits per heavy atom. The van der Waals surface area contributed by atoms with E-state index in [0.29, 0.717) is 18.2 Å². The third-order valence-corrected chi connectivity index (χ3v) is 3.14. The highest BCUT2D eigenvalue weighted by Gasteiger charge is 2.13. The molecule has 1 N–H and O–H groups in total. The van der Waals surface area contributed by atoms with E-state index in [1.165, 1.54) is 19.0 Å². The van der Waals surface area contributed by atoms with E-state index in [2.05, 4.69) is 15.3 Å². The molecule has 0 aliphatic heterocycles. The summed E-state index contributed by atoms with van der Waals surface area (Å²) < 4.78 is 10.9. The van der Waals surface area contributed by atoms with Gasteiger partial charge in [-0.2, -0.15) is 0 Å². The Labute approximate surface area is 129 Å². The van der Waals surface area contributed by atoms with E-state index < -0.39 is 0 Å². The number of halogens is 1. The highest BCUT2D eigenvalue weighted by molar-refractivity contribution is 6.31. The average Bonchev–Trinajstić information content (AvgIpc) is 2.47. The number of aryl methyl sites for hydroxylation is 1. The van der Waals surface area contributed by atoms with Crippen molar-refractivity contribution in [3.63, 3.8) is 0 Å². The van der Waals surface area contributed by atoms with E-state index in [1.807, 2.05) is 38.1 Å². The molecule has 0 aliphatic rings. The Morgan fingerprint density at radius 1 is 1.24 bits per heavy atom. The van der Waals surface area contributed by atoms with Gasteiger partial charge in [-0.15, -0.1) is 0 Å². The van der Waals surface area contributed by atoms with Gasteiger partial charge >= 0.3 is 0 Å². The lowest BCUT2D eigenvalue weighted by atomic mass is 10.2. The first-order valence-electron chi connectivity index (χ1n) is 6.60. The molecule has 0 fully saturated rings. The molecule has 6 heteroatoms. The Balaban J connectivity index is 1.94. The van der Waals surface area contributed by atoms with Crippen LogP contribution in [0.3, 0.4) is 0 Å². The van der Waals surface area contributed by atoms with Crippen molar-refractivity contribution in [2.45, 2.75) is 19.9 Å². The van der Waals surface area contributed by atoms with Crippen LogP contribution in [0.25, 0.3) is 0 Å². The standard InChI is InChI=1S/C15H18ClN3O2/c1-10-4-6-12(7-5-10)21-8-11(2)19-15-13(20-3)14(16)17-9-18-15/h4-7,9,11H,8H2,1-3H3,(H,17,18,19). The molecule has 2 aromatic rings. The number of hydrogen-bond acceptors (Lipinski definition) is 5. The number of nitrogens with zero attached hydrogens (tertiary/aromatic N) is 2. The van der Waals surface area contributed by atoms with Crippen molar-refractivity contribution in [3.05, 3.63) is 41.3 Å². The van der Waals surface area contributed by atoms with E-state index in [0.717, 1.165) is 5.75 Å². The smallest absolute Gasteiger partial charge is 0.198 e. The maximum atomic E-state index is 5.95. The van der Waals surface area contributed by atoms with Crippen molar-refractivity contribution in [3.8, 4) is 11.5 Å². The van der Waals surface area contributed by atoms with Crippen LogP contribution in [0.4, 0.5) is 5.82 Å². The average molecular weight is 308 g/mol. The van der Waals surface area contributed by atoms with Gasteiger partial charge in [-0.05, 0) is 26.0 Å². The first-order valence-corrected chi connectivity index (χ1v) is 6.98. The van der Waals surface area contributed by atoms with Crippen molar-refractivity contribution in [2.24, 2.45) is 0 Å². The zero-order valence-electron chi connectivity index (χ0n) is 12.3. The van der Waals surface area contributed by atoms with Crippen LogP contribution < -0.4 is 14.8 Å². The molecule has 0 amide bonds. The zero-order chi connectivity index (χ0) is 15.2. The lowest BCUT2D eigenvalue weighted by Gasteiger charge is -2.17. The summed E-state index contributed by atoms with van der Waals surface area (Å²) in [6.45, 7) is 4.52. The van der Waals surface area contributed by atoms with Crippen LogP contribution in [0, 0.1) is 6.92 Å². The fourth-order valence-electron chi connectivity index (χ4n) is 1.77. The Kier molecular flexibility index (Phi) is 5.22. The summed E-state index contributed by atoms with van der Waals surface area (Å²) in [5.74, 6) is 1.82. The molecule has 1 aromatic heterocycles. The summed E-state index contributed by atoms with van der Waals surface area (Å²) in [6, 6.07) is 7.96. The molecule has 1 aromatic carbocycles. The van der Waals surface area contributed by atoms with Crippen molar-refractivity contribution in [1.82, 2.24) is 9.97 Å². The summed E-state index contributed by atoms with van der Waals surface area (Å²) >= 11 is 5.95. The third kappa shape index (κ3) is 4.23. The van der Waals surface area contributed by atoms with Crippen LogP contribution in [-0.4, -0.2) is 29.7 Å². The molecule has 5 nitrogen and oxygen atoms in total. The maximum absolute atomic E-state index is 5.95. The van der Waals surface area contributed by atoms with Crippen molar-refractivity contribution < 1.29 is 9.47 Å². The minimum absolute atomic E-state index is 0.0335. The first-order chi connectivity index (χ1) is 10.1. The van der Waals surface area contributed by atoms with Gasteiger partial charge < -0.3 is 14.8 Å². The van der Waals surface area contributed by atoms with Gasteiger partial charge in [0, 0.05) is 0 Å². The first kappa shape index (κ1) is 15.4. The number of aromatic nitrogens is 2. The molecule has 1 heterocycles. The van der Waals surface area contributed by atoms with E-state index in [4.69, 9.17) is 21.1 Å². The molecular weight excluding hydrogens is 290 g/mol. The molecule has 112 valence electrons. The van der Waals surface area contributed by atoms with E-state index in [1.54, 1.807) is 0 Å². The predicted octanol–water partition coefficient (Wildman–Crippen LogP) is 3.33. The van der Waals surface area contributed by atoms with Crippen molar-refractivity contribution >= 4 is 17.4 Å². The van der Waals surface area contributed by atoms with Gasteiger partial charge in [0.1, 0.15) is 18.7 Å². The fourth-order valence-corrected chi connectivity index (χ4v) is 1.98. The summed E-state index contributed by atoms with van der Waals surface area (Å²) in [7, 11) is 1.53. The number of nitrogens with one attached hydrogen (secondary N) is 1. The summed E-state index contributed by atoms with van der Waals surface area (Å²) in [4.78, 5) is 8.01. The molecule has 2 rings (SSSR count). The zero-order valence-corrected chi connectivity index (χ0v) is 13.0. The second kappa shape index (κ2) is 7.13. The predicted molar refractivity (Wildman–Crippen MR) is 83.4 cm³/mol. The molecule has 0 radical (unpaired) electrons. The normalized spacial score (nSPS) is 11.8. The van der Waals surface area contributed by atoms with Crippen LogP contribution in [0.15, 0.2) is 30.6 Å². The SMILES string of the molecule is COc1c(Cl)ncnc1NC(C)COc1ccc(C)cc1. The number of methoxy groups -OCH3 is 1. The molecule has 21 heavy (non-hydrogen) atoms. The Hall–Kier alpha value is -2.01. The van der Waals surface area contributed by atoms with Gasteiger partial charge in [0.15, 0.2) is 16.7 Å². The summed E-state index contributed by atoms with van der Waals surface area (Å²) in [5, 5.41) is 3.48. The molecule has 0 spiro atoms. The summed E-state index contributed by atoms with van der Waals surface area (Å²) in [5.41, 5.74) is 1.20. The Morgan fingerprint density at radius 3 is 2.62 bits per heavy atom. The maximum Gasteiger partial charge on any atom is 0.198 e. The second-order valence-electron chi connectivity index (χ2n) is 4.72. The number of benzene rings is 1. The quantitative estimate of drug-likeness (QED) is 0.830. The van der Waals surface area contributed by atoms with Gasteiger partial charge in [-0.25, -0.2) is 9.97 Å². The molecule has 0 bridgehead atoms. The summed E-state index contributed by atoms with van der Waals surface area (Å²) in [6.07, 6.45) is 1.39. The number of hydrogen-bond donors (Lipinski definition) is 1. The van der Waals surface area contributed by atoms with Crippen LogP contribution in [0.1, 0.15) is 12.5 Å². The monoisotopic (exact) mass is 307 g/mol. The van der Waals surface area contributed by atoms with Gasteiger partial charge in [-0.1, -0.05) is 29.3 Å². The lowest BCUT2D eigenvalue weighted by Crippen LogP contribution is -2.24. The van der Waals surface area contributed by atoms with E-state index in [9.17, 15) is 0 Å². The van der Waals surface area contributed by atoms with Gasteiger partial charge in [0.2, 0.25) is 0 Å². The highest BCUT2D eigenvalue weighted by atomic mass is 35.5. The van der Waals surface area contributed by atoms with Crippen LogP contribution >= 0.6 is 11.6 Å². The molecule has 1 atom stereocenters. The van der Waals surface area contributed by atoms with E-state index in [-0.39, 0.29) is 11.2 Å². The minimum Gasteiger partial charge on any atom is -0.491 e. The number of rotatable bonds is 6. The lowest BCUT2D eigenvalue weighted by molar-refractivity contribution is 0.303. The van der Waals surface area contributed by atoms with Crippen molar-refractivity contribution in [1.29, 1.82) is 0 Å². The number of ether oxygens (including phenoxy) is 2. The molecule has 0 saturated heterocycles. The molecule has 0 saturated carbocycles. The number of anilines is 1. The van der Waals surface area contributed by atoms with Gasteiger partial charge in [0.05, 0.1) is 13.2 Å². The third-order valence-electron chi connectivity index (χ3n) is 2.87. The highest BCUT2D eigenvalue weighted by Crippen LogP contribution is 2.28.